The second kappa shape index (κ2) is 9.12. The average Bonchev–Trinajstić information content (AvgIpc) is 2.85. The Morgan fingerprint density at radius 1 is 1.50 bits per heavy atom. The second-order valence-corrected chi connectivity index (χ2v) is 4.82. The SMILES string of the molecule is C=CCCCCCN(C)C(=NC)NCc1nncn1C. The Balaban J connectivity index is 2.30. The van der Waals surface area contributed by atoms with E-state index in [2.05, 4.69) is 39.0 Å². The van der Waals surface area contributed by atoms with E-state index in [9.17, 15) is 0 Å². The molecule has 0 bridgehead atoms. The van der Waals surface area contributed by atoms with Crippen LogP contribution < -0.4 is 5.32 Å². The summed E-state index contributed by atoms with van der Waals surface area (Å²) in [4.78, 5) is 6.43. The van der Waals surface area contributed by atoms with Crippen molar-refractivity contribution in [1.82, 2.24) is 25.0 Å². The summed E-state index contributed by atoms with van der Waals surface area (Å²) in [5.41, 5.74) is 0. The van der Waals surface area contributed by atoms with Crippen LogP contribution >= 0.6 is 0 Å². The third kappa shape index (κ3) is 5.42. The number of unbranched alkanes of at least 4 members (excludes halogenated alkanes) is 3. The number of aromatic nitrogens is 3. The number of aryl methyl sites for hydroxylation is 1. The Kier molecular flexibility index (Phi) is 7.39. The molecule has 0 radical (unpaired) electrons. The van der Waals surface area contributed by atoms with Gasteiger partial charge in [-0.1, -0.05) is 12.5 Å². The summed E-state index contributed by atoms with van der Waals surface area (Å²) < 4.78 is 1.90. The van der Waals surface area contributed by atoms with Gasteiger partial charge in [-0.25, -0.2) is 0 Å². The zero-order valence-electron chi connectivity index (χ0n) is 12.8. The molecule has 6 heteroatoms. The van der Waals surface area contributed by atoms with E-state index < -0.39 is 0 Å². The molecule has 0 fully saturated rings. The minimum absolute atomic E-state index is 0.629. The molecule has 1 heterocycles. The van der Waals surface area contributed by atoms with E-state index in [-0.39, 0.29) is 0 Å². The molecule has 0 atom stereocenters. The van der Waals surface area contributed by atoms with Gasteiger partial charge in [0.1, 0.15) is 6.33 Å². The highest BCUT2D eigenvalue weighted by molar-refractivity contribution is 5.79. The standard InChI is InChI=1S/C14H26N6/c1-5-6-7-8-9-10-19(3)14(15-2)16-11-13-18-17-12-20(13)4/h5,12H,1,6-11H2,2-4H3,(H,15,16). The molecule has 0 amide bonds. The molecule has 1 aromatic heterocycles. The van der Waals surface area contributed by atoms with Crippen LogP contribution in [0.2, 0.25) is 0 Å². The minimum Gasteiger partial charge on any atom is -0.349 e. The third-order valence-electron chi connectivity index (χ3n) is 3.18. The smallest absolute Gasteiger partial charge is 0.193 e. The molecule has 112 valence electrons. The van der Waals surface area contributed by atoms with Crippen molar-refractivity contribution in [3.05, 3.63) is 24.8 Å². The van der Waals surface area contributed by atoms with Crippen LogP contribution in [0.25, 0.3) is 0 Å². The molecule has 0 aromatic carbocycles. The molecule has 0 aliphatic rings. The predicted molar refractivity (Wildman–Crippen MR) is 82.5 cm³/mol. The van der Waals surface area contributed by atoms with Crippen molar-refractivity contribution in [3.63, 3.8) is 0 Å². The molecular formula is C14H26N6. The van der Waals surface area contributed by atoms with Crippen molar-refractivity contribution in [1.29, 1.82) is 0 Å². The monoisotopic (exact) mass is 278 g/mol. The van der Waals surface area contributed by atoms with E-state index in [1.54, 1.807) is 13.4 Å². The average molecular weight is 278 g/mol. The topological polar surface area (TPSA) is 58.3 Å². The molecule has 0 saturated heterocycles. The first-order valence-corrected chi connectivity index (χ1v) is 7.04. The number of allylic oxidation sites excluding steroid dienone is 1. The van der Waals surface area contributed by atoms with E-state index in [0.29, 0.717) is 6.54 Å². The summed E-state index contributed by atoms with van der Waals surface area (Å²) in [5, 5.41) is 11.2. The molecule has 1 N–H and O–H groups in total. The first kappa shape index (κ1) is 16.2. The zero-order chi connectivity index (χ0) is 14.8. The van der Waals surface area contributed by atoms with Crippen LogP contribution in [0.4, 0.5) is 0 Å². The van der Waals surface area contributed by atoms with Gasteiger partial charge < -0.3 is 14.8 Å². The maximum atomic E-state index is 4.29. The maximum absolute atomic E-state index is 4.29. The van der Waals surface area contributed by atoms with E-state index in [0.717, 1.165) is 31.2 Å². The molecular weight excluding hydrogens is 252 g/mol. The summed E-state index contributed by atoms with van der Waals surface area (Å²) in [7, 11) is 5.79. The normalized spacial score (nSPS) is 11.4. The Labute approximate surface area is 121 Å². The number of nitrogens with zero attached hydrogens (tertiary/aromatic N) is 5. The van der Waals surface area contributed by atoms with Crippen molar-refractivity contribution in [2.24, 2.45) is 12.0 Å². The Hall–Kier alpha value is -1.85. The fraction of sp³-hybridized carbons (Fsp3) is 0.643. The van der Waals surface area contributed by atoms with Gasteiger partial charge in [0.15, 0.2) is 11.8 Å². The molecule has 6 nitrogen and oxygen atoms in total. The van der Waals surface area contributed by atoms with Gasteiger partial charge in [0.05, 0.1) is 6.54 Å². The summed E-state index contributed by atoms with van der Waals surface area (Å²) in [6.07, 6.45) is 8.37. The van der Waals surface area contributed by atoms with E-state index in [4.69, 9.17) is 0 Å². The van der Waals surface area contributed by atoms with Gasteiger partial charge in [-0.3, -0.25) is 4.99 Å². The summed E-state index contributed by atoms with van der Waals surface area (Å²) in [5.74, 6) is 1.78. The first-order valence-electron chi connectivity index (χ1n) is 7.04. The van der Waals surface area contributed by atoms with E-state index in [1.165, 1.54) is 12.8 Å². The van der Waals surface area contributed by atoms with Gasteiger partial charge in [-0.05, 0) is 19.3 Å². The summed E-state index contributed by atoms with van der Waals surface area (Å²) in [6, 6.07) is 0. The Morgan fingerprint density at radius 3 is 2.90 bits per heavy atom. The van der Waals surface area contributed by atoms with Crippen molar-refractivity contribution in [3.8, 4) is 0 Å². The molecule has 1 aromatic rings. The predicted octanol–water partition coefficient (Wildman–Crippen LogP) is 1.57. The van der Waals surface area contributed by atoms with Gasteiger partial charge in [0.25, 0.3) is 0 Å². The lowest BCUT2D eigenvalue weighted by Gasteiger charge is -2.21. The molecule has 0 aliphatic heterocycles. The number of hydrogen-bond acceptors (Lipinski definition) is 3. The lowest BCUT2D eigenvalue weighted by Crippen LogP contribution is -2.39. The van der Waals surface area contributed by atoms with Gasteiger partial charge in [-0.15, -0.1) is 16.8 Å². The highest BCUT2D eigenvalue weighted by Crippen LogP contribution is 2.01. The highest BCUT2D eigenvalue weighted by Gasteiger charge is 2.07. The second-order valence-electron chi connectivity index (χ2n) is 4.82. The lowest BCUT2D eigenvalue weighted by molar-refractivity contribution is 0.453. The van der Waals surface area contributed by atoms with Gasteiger partial charge >= 0.3 is 0 Å². The molecule has 1 rings (SSSR count). The number of guanidine groups is 1. The first-order chi connectivity index (χ1) is 9.69. The van der Waals surface area contributed by atoms with Crippen molar-refractivity contribution in [2.75, 3.05) is 20.6 Å². The minimum atomic E-state index is 0.629. The van der Waals surface area contributed by atoms with Crippen LogP contribution in [0.15, 0.2) is 24.0 Å². The van der Waals surface area contributed by atoms with E-state index >= 15 is 0 Å². The fourth-order valence-corrected chi connectivity index (χ4v) is 1.93. The Bertz CT molecular complexity index is 423. The van der Waals surface area contributed by atoms with Crippen LogP contribution in [0.1, 0.15) is 31.5 Å². The summed E-state index contributed by atoms with van der Waals surface area (Å²) >= 11 is 0. The van der Waals surface area contributed by atoms with Crippen LogP contribution in [-0.2, 0) is 13.6 Å². The van der Waals surface area contributed by atoms with Crippen LogP contribution in [0, 0.1) is 0 Å². The van der Waals surface area contributed by atoms with Crippen molar-refractivity contribution < 1.29 is 0 Å². The van der Waals surface area contributed by atoms with Crippen LogP contribution in [0.5, 0.6) is 0 Å². The molecule has 20 heavy (non-hydrogen) atoms. The van der Waals surface area contributed by atoms with Crippen LogP contribution in [-0.4, -0.2) is 46.3 Å². The number of rotatable bonds is 8. The van der Waals surface area contributed by atoms with Crippen molar-refractivity contribution >= 4 is 5.96 Å². The molecule has 0 spiro atoms. The lowest BCUT2D eigenvalue weighted by atomic mass is 10.2. The Morgan fingerprint density at radius 2 is 2.30 bits per heavy atom. The maximum Gasteiger partial charge on any atom is 0.193 e. The van der Waals surface area contributed by atoms with Gasteiger partial charge in [-0.2, -0.15) is 0 Å². The fourth-order valence-electron chi connectivity index (χ4n) is 1.93. The van der Waals surface area contributed by atoms with Crippen LogP contribution in [0.3, 0.4) is 0 Å². The zero-order valence-corrected chi connectivity index (χ0v) is 12.8. The molecule has 0 aliphatic carbocycles. The largest absolute Gasteiger partial charge is 0.349 e. The molecule has 0 saturated carbocycles. The number of aliphatic imine (C=N–C) groups is 1. The highest BCUT2D eigenvalue weighted by atomic mass is 15.3. The number of hydrogen-bond donors (Lipinski definition) is 1. The third-order valence-corrected chi connectivity index (χ3v) is 3.18. The number of nitrogens with one attached hydrogen (secondary N) is 1. The summed E-state index contributed by atoms with van der Waals surface area (Å²) in [6.45, 7) is 5.36. The van der Waals surface area contributed by atoms with Gasteiger partial charge in [0, 0.05) is 27.7 Å². The van der Waals surface area contributed by atoms with Crippen molar-refractivity contribution in [2.45, 2.75) is 32.2 Å². The molecule has 0 unspecified atom stereocenters. The quantitative estimate of drug-likeness (QED) is 0.339. The van der Waals surface area contributed by atoms with Gasteiger partial charge in [0.2, 0.25) is 0 Å². The van der Waals surface area contributed by atoms with E-state index in [1.807, 2.05) is 17.7 Å².